The molecule has 0 unspecified atom stereocenters. The van der Waals surface area contributed by atoms with E-state index >= 15 is 0 Å². The van der Waals surface area contributed by atoms with Gasteiger partial charge in [-0.2, -0.15) is 0 Å². The van der Waals surface area contributed by atoms with Crippen molar-refractivity contribution in [2.45, 2.75) is 19.5 Å². The number of methoxy groups -OCH3 is 2. The van der Waals surface area contributed by atoms with Crippen LogP contribution in [-0.4, -0.2) is 41.5 Å². The van der Waals surface area contributed by atoms with Gasteiger partial charge in [-0.1, -0.05) is 18.2 Å². The number of anilines is 1. The van der Waals surface area contributed by atoms with Crippen LogP contribution in [0, 0.1) is 0 Å². The van der Waals surface area contributed by atoms with E-state index in [9.17, 15) is 4.79 Å². The van der Waals surface area contributed by atoms with Crippen LogP contribution < -0.4 is 14.8 Å². The molecule has 154 valence electrons. The third-order valence-electron chi connectivity index (χ3n) is 5.18. The van der Waals surface area contributed by atoms with Crippen molar-refractivity contribution < 1.29 is 14.3 Å². The molecule has 2 heterocycles. The number of nitrogens with zero attached hydrogens (tertiary/aromatic N) is 3. The van der Waals surface area contributed by atoms with E-state index in [1.807, 2.05) is 18.2 Å². The lowest BCUT2D eigenvalue weighted by atomic mass is 9.98. The second kappa shape index (κ2) is 8.92. The molecular formula is C23H24N4O3. The molecule has 0 saturated heterocycles. The number of para-hydroxylation sites is 1. The van der Waals surface area contributed by atoms with Crippen LogP contribution >= 0.6 is 0 Å². The summed E-state index contributed by atoms with van der Waals surface area (Å²) in [5, 5.41) is 2.99. The SMILES string of the molecule is COc1ncc(CN2CCc3ccc(NC(=O)c4ccccc4OC)cc3C2)cn1. The number of hydrogen-bond donors (Lipinski definition) is 1. The Morgan fingerprint density at radius 3 is 2.63 bits per heavy atom. The predicted octanol–water partition coefficient (Wildman–Crippen LogP) is 3.30. The third-order valence-corrected chi connectivity index (χ3v) is 5.18. The molecule has 1 N–H and O–H groups in total. The van der Waals surface area contributed by atoms with Crippen molar-refractivity contribution in [3.63, 3.8) is 0 Å². The van der Waals surface area contributed by atoms with Crippen LogP contribution in [0.25, 0.3) is 0 Å². The van der Waals surface area contributed by atoms with Gasteiger partial charge in [0, 0.05) is 43.3 Å². The highest BCUT2D eigenvalue weighted by atomic mass is 16.5. The molecule has 0 aliphatic carbocycles. The van der Waals surface area contributed by atoms with Gasteiger partial charge in [0.1, 0.15) is 5.75 Å². The van der Waals surface area contributed by atoms with Gasteiger partial charge in [0.25, 0.3) is 5.91 Å². The van der Waals surface area contributed by atoms with Gasteiger partial charge in [-0.05, 0) is 41.8 Å². The Morgan fingerprint density at radius 2 is 1.87 bits per heavy atom. The smallest absolute Gasteiger partial charge is 0.316 e. The first-order chi connectivity index (χ1) is 14.7. The number of aromatic nitrogens is 2. The summed E-state index contributed by atoms with van der Waals surface area (Å²) >= 11 is 0. The number of hydrogen-bond acceptors (Lipinski definition) is 6. The lowest BCUT2D eigenvalue weighted by Crippen LogP contribution is -2.30. The van der Waals surface area contributed by atoms with Gasteiger partial charge < -0.3 is 14.8 Å². The van der Waals surface area contributed by atoms with Gasteiger partial charge >= 0.3 is 6.01 Å². The molecule has 3 aromatic rings. The molecule has 4 rings (SSSR count). The molecule has 0 fully saturated rings. The van der Waals surface area contributed by atoms with Crippen LogP contribution in [0.2, 0.25) is 0 Å². The van der Waals surface area contributed by atoms with E-state index in [2.05, 4.69) is 32.3 Å². The van der Waals surface area contributed by atoms with Gasteiger partial charge in [0.05, 0.1) is 19.8 Å². The van der Waals surface area contributed by atoms with Crippen LogP contribution in [0.5, 0.6) is 11.8 Å². The van der Waals surface area contributed by atoms with Crippen LogP contribution in [0.3, 0.4) is 0 Å². The second-order valence-corrected chi connectivity index (χ2v) is 7.18. The zero-order chi connectivity index (χ0) is 20.9. The Bertz CT molecular complexity index is 1040. The zero-order valence-corrected chi connectivity index (χ0v) is 17.1. The quantitative estimate of drug-likeness (QED) is 0.679. The fraction of sp³-hybridized carbons (Fsp3) is 0.261. The van der Waals surface area contributed by atoms with E-state index < -0.39 is 0 Å². The minimum atomic E-state index is -0.185. The van der Waals surface area contributed by atoms with Crippen molar-refractivity contribution in [2.24, 2.45) is 0 Å². The highest BCUT2D eigenvalue weighted by Crippen LogP contribution is 2.25. The lowest BCUT2D eigenvalue weighted by Gasteiger charge is -2.29. The average Bonchev–Trinajstić information content (AvgIpc) is 2.79. The lowest BCUT2D eigenvalue weighted by molar-refractivity contribution is 0.102. The van der Waals surface area contributed by atoms with Crippen molar-refractivity contribution in [3.05, 3.63) is 77.1 Å². The van der Waals surface area contributed by atoms with Crippen molar-refractivity contribution in [3.8, 4) is 11.8 Å². The molecule has 7 heteroatoms. The monoisotopic (exact) mass is 404 g/mol. The topological polar surface area (TPSA) is 76.6 Å². The maximum atomic E-state index is 12.7. The molecule has 1 aliphatic heterocycles. The van der Waals surface area contributed by atoms with Gasteiger partial charge in [-0.15, -0.1) is 0 Å². The predicted molar refractivity (Wildman–Crippen MR) is 114 cm³/mol. The van der Waals surface area contributed by atoms with Gasteiger partial charge in [-0.25, -0.2) is 9.97 Å². The van der Waals surface area contributed by atoms with E-state index in [1.54, 1.807) is 38.7 Å². The number of nitrogens with one attached hydrogen (secondary N) is 1. The molecule has 7 nitrogen and oxygen atoms in total. The molecule has 0 atom stereocenters. The van der Waals surface area contributed by atoms with Crippen LogP contribution in [0.1, 0.15) is 27.0 Å². The average molecular weight is 404 g/mol. The molecule has 1 amide bonds. The van der Waals surface area contributed by atoms with Gasteiger partial charge in [-0.3, -0.25) is 9.69 Å². The van der Waals surface area contributed by atoms with Gasteiger partial charge in [0.2, 0.25) is 0 Å². The number of carbonyl (C=O) groups excluding carboxylic acids is 1. The zero-order valence-electron chi connectivity index (χ0n) is 17.1. The van der Waals surface area contributed by atoms with Crippen LogP contribution in [0.15, 0.2) is 54.9 Å². The number of amides is 1. The van der Waals surface area contributed by atoms with Gasteiger partial charge in [0.15, 0.2) is 0 Å². The van der Waals surface area contributed by atoms with Crippen molar-refractivity contribution in [2.75, 3.05) is 26.1 Å². The first-order valence-electron chi connectivity index (χ1n) is 9.79. The number of ether oxygens (including phenoxy) is 2. The van der Waals surface area contributed by atoms with E-state index in [-0.39, 0.29) is 5.91 Å². The minimum absolute atomic E-state index is 0.185. The summed E-state index contributed by atoms with van der Waals surface area (Å²) in [7, 11) is 3.12. The molecule has 30 heavy (non-hydrogen) atoms. The first-order valence-corrected chi connectivity index (χ1v) is 9.79. The molecule has 1 aliphatic rings. The Labute approximate surface area is 175 Å². The van der Waals surface area contributed by atoms with Crippen molar-refractivity contribution >= 4 is 11.6 Å². The number of rotatable bonds is 6. The van der Waals surface area contributed by atoms with Crippen LogP contribution in [-0.2, 0) is 19.5 Å². The summed E-state index contributed by atoms with van der Waals surface area (Å²) in [4.78, 5) is 23.4. The fourth-order valence-corrected chi connectivity index (χ4v) is 3.65. The van der Waals surface area contributed by atoms with Crippen molar-refractivity contribution in [1.82, 2.24) is 14.9 Å². The summed E-state index contributed by atoms with van der Waals surface area (Å²) in [6.07, 6.45) is 4.56. The molecule has 0 spiro atoms. The normalized spacial score (nSPS) is 13.4. The number of carbonyl (C=O) groups is 1. The maximum absolute atomic E-state index is 12.7. The minimum Gasteiger partial charge on any atom is -0.496 e. The Balaban J connectivity index is 1.45. The highest BCUT2D eigenvalue weighted by molar-refractivity contribution is 6.06. The Morgan fingerprint density at radius 1 is 1.07 bits per heavy atom. The van der Waals surface area contributed by atoms with Crippen molar-refractivity contribution in [1.29, 1.82) is 0 Å². The third kappa shape index (κ3) is 4.41. The second-order valence-electron chi connectivity index (χ2n) is 7.18. The number of benzene rings is 2. The van der Waals surface area contributed by atoms with E-state index in [0.717, 1.165) is 37.3 Å². The summed E-state index contributed by atoms with van der Waals surface area (Å²) in [6.45, 7) is 2.53. The molecule has 2 aromatic carbocycles. The molecular weight excluding hydrogens is 380 g/mol. The summed E-state index contributed by atoms with van der Waals surface area (Å²) < 4.78 is 10.3. The summed E-state index contributed by atoms with van der Waals surface area (Å²) in [5.41, 5.74) is 4.86. The van der Waals surface area contributed by atoms with E-state index in [1.165, 1.54) is 11.1 Å². The van der Waals surface area contributed by atoms with E-state index in [4.69, 9.17) is 9.47 Å². The molecule has 0 bridgehead atoms. The molecule has 1 aromatic heterocycles. The summed E-state index contributed by atoms with van der Waals surface area (Å²) in [6, 6.07) is 13.7. The molecule has 0 saturated carbocycles. The fourth-order valence-electron chi connectivity index (χ4n) is 3.65. The standard InChI is InChI=1S/C23H24N4O3/c1-29-21-6-4-3-5-20(21)22(28)26-19-8-7-17-9-10-27(15-18(17)11-19)14-16-12-24-23(30-2)25-13-16/h3-8,11-13H,9-10,14-15H2,1-2H3,(H,26,28). The molecule has 0 radical (unpaired) electrons. The number of fused-ring (bicyclic) bond motifs is 1. The maximum Gasteiger partial charge on any atom is 0.316 e. The Kier molecular flexibility index (Phi) is 5.90. The summed E-state index contributed by atoms with van der Waals surface area (Å²) in [5.74, 6) is 0.372. The highest BCUT2D eigenvalue weighted by Gasteiger charge is 2.18. The Hall–Kier alpha value is -3.45. The van der Waals surface area contributed by atoms with E-state index in [0.29, 0.717) is 17.3 Å². The first kappa shape index (κ1) is 19.8. The van der Waals surface area contributed by atoms with Crippen LogP contribution in [0.4, 0.5) is 5.69 Å². The largest absolute Gasteiger partial charge is 0.496 e.